The number of thioether (sulfide) groups is 1. The first kappa shape index (κ1) is 27.3. The van der Waals surface area contributed by atoms with Gasteiger partial charge in [0, 0.05) is 5.56 Å². The molecule has 4 rings (SSSR count). The standard InChI is InChI=1S/C29H30FNO6S/c1-3-6-20-19-25(37-24-13-11-22(34-2)12-14-24)15-16-26(20)36-18-5-4-17-35-23-9-7-21(8-10-23)29(30)27(32)31-28(33)38-29/h7-16,19H,3-6,17-18H2,1-2H3,(H,31,32,33). The molecule has 0 radical (unpaired) electrons. The number of unbranched alkanes of at least 4 members (excludes halogenated alkanes) is 1. The average Bonchev–Trinajstić information content (AvgIpc) is 3.19. The van der Waals surface area contributed by atoms with E-state index in [0.717, 1.165) is 54.2 Å². The van der Waals surface area contributed by atoms with Crippen LogP contribution in [0.1, 0.15) is 37.3 Å². The highest BCUT2D eigenvalue weighted by atomic mass is 32.2. The monoisotopic (exact) mass is 539 g/mol. The molecule has 38 heavy (non-hydrogen) atoms. The third-order valence-corrected chi connectivity index (χ3v) is 6.87. The van der Waals surface area contributed by atoms with Gasteiger partial charge in [0.2, 0.25) is 0 Å². The number of nitrogens with one attached hydrogen (secondary N) is 1. The lowest BCUT2D eigenvalue weighted by atomic mass is 10.1. The molecule has 1 N–H and O–H groups in total. The molecular formula is C29H30FNO6S. The molecular weight excluding hydrogens is 509 g/mol. The topological polar surface area (TPSA) is 83.1 Å². The minimum Gasteiger partial charge on any atom is -0.497 e. The molecule has 2 amide bonds. The van der Waals surface area contributed by atoms with Crippen LogP contribution in [0.2, 0.25) is 0 Å². The number of methoxy groups -OCH3 is 1. The van der Waals surface area contributed by atoms with E-state index in [0.29, 0.717) is 30.7 Å². The number of imide groups is 1. The van der Waals surface area contributed by atoms with Gasteiger partial charge in [-0.15, -0.1) is 0 Å². The molecule has 200 valence electrons. The molecule has 0 aliphatic carbocycles. The summed E-state index contributed by atoms with van der Waals surface area (Å²) in [4.78, 5) is 23.1. The molecule has 0 spiro atoms. The van der Waals surface area contributed by atoms with Crippen molar-refractivity contribution in [3.05, 3.63) is 77.9 Å². The Morgan fingerprint density at radius 1 is 0.842 bits per heavy atom. The quantitative estimate of drug-likeness (QED) is 0.240. The molecule has 1 unspecified atom stereocenters. The van der Waals surface area contributed by atoms with Crippen molar-refractivity contribution in [3.8, 4) is 28.7 Å². The summed E-state index contributed by atoms with van der Waals surface area (Å²) < 4.78 is 37.8. The van der Waals surface area contributed by atoms with Gasteiger partial charge in [-0.05, 0) is 91.2 Å². The van der Waals surface area contributed by atoms with Crippen LogP contribution in [0, 0.1) is 0 Å². The molecule has 1 heterocycles. The van der Waals surface area contributed by atoms with Crippen molar-refractivity contribution in [1.82, 2.24) is 5.32 Å². The summed E-state index contributed by atoms with van der Waals surface area (Å²) >= 11 is 0.334. The van der Waals surface area contributed by atoms with Gasteiger partial charge in [-0.25, -0.2) is 4.39 Å². The van der Waals surface area contributed by atoms with Gasteiger partial charge < -0.3 is 18.9 Å². The minimum atomic E-state index is -2.40. The van der Waals surface area contributed by atoms with Gasteiger partial charge in [0.25, 0.3) is 16.1 Å². The van der Waals surface area contributed by atoms with Crippen LogP contribution in [0.15, 0.2) is 66.7 Å². The lowest BCUT2D eigenvalue weighted by Gasteiger charge is -2.15. The van der Waals surface area contributed by atoms with Crippen molar-refractivity contribution in [3.63, 3.8) is 0 Å². The SMILES string of the molecule is CCCc1cc(Oc2ccc(OC)cc2)ccc1OCCCCOc1ccc(C2(F)SC(=O)NC2=O)cc1. The van der Waals surface area contributed by atoms with Crippen molar-refractivity contribution in [2.24, 2.45) is 0 Å². The van der Waals surface area contributed by atoms with E-state index in [-0.39, 0.29) is 5.56 Å². The van der Waals surface area contributed by atoms with Gasteiger partial charge in [-0.2, -0.15) is 0 Å². The van der Waals surface area contributed by atoms with Crippen LogP contribution < -0.4 is 24.3 Å². The van der Waals surface area contributed by atoms with E-state index in [1.807, 2.05) is 47.8 Å². The lowest BCUT2D eigenvalue weighted by Crippen LogP contribution is -2.30. The third-order valence-electron chi connectivity index (χ3n) is 5.88. The Balaban J connectivity index is 1.22. The Hall–Kier alpha value is -3.72. The molecule has 0 bridgehead atoms. The fourth-order valence-electron chi connectivity index (χ4n) is 3.91. The molecule has 9 heteroatoms. The first-order chi connectivity index (χ1) is 18.4. The van der Waals surface area contributed by atoms with Gasteiger partial charge in [-0.3, -0.25) is 14.9 Å². The summed E-state index contributed by atoms with van der Waals surface area (Å²) in [7, 11) is 1.63. The summed E-state index contributed by atoms with van der Waals surface area (Å²) in [6.45, 7) is 3.13. The van der Waals surface area contributed by atoms with Gasteiger partial charge in [-0.1, -0.05) is 25.5 Å². The van der Waals surface area contributed by atoms with Crippen molar-refractivity contribution < 1.29 is 32.9 Å². The number of aryl methyl sites for hydroxylation is 1. The van der Waals surface area contributed by atoms with Gasteiger partial charge in [0.05, 0.1) is 20.3 Å². The van der Waals surface area contributed by atoms with E-state index in [1.54, 1.807) is 19.2 Å². The van der Waals surface area contributed by atoms with Gasteiger partial charge >= 0.3 is 0 Å². The van der Waals surface area contributed by atoms with Gasteiger partial charge in [0.1, 0.15) is 28.7 Å². The largest absolute Gasteiger partial charge is 0.497 e. The number of carbonyl (C=O) groups is 2. The molecule has 1 aliphatic rings. The average molecular weight is 540 g/mol. The van der Waals surface area contributed by atoms with Crippen LogP contribution in [0.4, 0.5) is 9.18 Å². The predicted octanol–water partition coefficient (Wildman–Crippen LogP) is 6.78. The second-order valence-electron chi connectivity index (χ2n) is 8.66. The first-order valence-electron chi connectivity index (χ1n) is 12.5. The second-order valence-corrected chi connectivity index (χ2v) is 9.80. The van der Waals surface area contributed by atoms with E-state index in [9.17, 15) is 14.0 Å². The highest BCUT2D eigenvalue weighted by molar-refractivity contribution is 8.15. The van der Waals surface area contributed by atoms with Crippen LogP contribution >= 0.6 is 11.8 Å². The Labute approximate surface area is 225 Å². The highest BCUT2D eigenvalue weighted by Gasteiger charge is 2.50. The first-order valence-corrected chi connectivity index (χ1v) is 13.3. The molecule has 1 aliphatic heterocycles. The summed E-state index contributed by atoms with van der Waals surface area (Å²) in [5, 5.41) is -1.12. The zero-order chi connectivity index (χ0) is 27.0. The molecule has 3 aromatic rings. The number of hydrogen-bond donors (Lipinski definition) is 1. The number of hydrogen-bond acceptors (Lipinski definition) is 7. The van der Waals surface area contributed by atoms with E-state index < -0.39 is 16.1 Å². The Morgan fingerprint density at radius 3 is 2.11 bits per heavy atom. The number of benzene rings is 3. The highest BCUT2D eigenvalue weighted by Crippen LogP contribution is 2.43. The van der Waals surface area contributed by atoms with Crippen molar-refractivity contribution in [1.29, 1.82) is 0 Å². The normalized spacial score (nSPS) is 16.7. The molecule has 1 atom stereocenters. The predicted molar refractivity (Wildman–Crippen MR) is 144 cm³/mol. The summed E-state index contributed by atoms with van der Waals surface area (Å²) in [6.07, 6.45) is 3.42. The maximum absolute atomic E-state index is 14.8. The molecule has 0 aromatic heterocycles. The molecule has 1 saturated heterocycles. The summed E-state index contributed by atoms with van der Waals surface area (Å²) in [5.41, 5.74) is 1.20. The minimum absolute atomic E-state index is 0.106. The summed E-state index contributed by atoms with van der Waals surface area (Å²) in [6, 6.07) is 19.4. The number of rotatable bonds is 13. The molecule has 0 saturated carbocycles. The Bertz CT molecular complexity index is 1250. The fraction of sp³-hybridized carbons (Fsp3) is 0.310. The smallest absolute Gasteiger partial charge is 0.289 e. The molecule has 3 aromatic carbocycles. The van der Waals surface area contributed by atoms with E-state index >= 15 is 0 Å². The van der Waals surface area contributed by atoms with Crippen LogP contribution in [0.25, 0.3) is 0 Å². The van der Waals surface area contributed by atoms with E-state index in [1.165, 1.54) is 12.1 Å². The Morgan fingerprint density at radius 2 is 1.47 bits per heavy atom. The zero-order valence-electron chi connectivity index (χ0n) is 21.3. The maximum atomic E-state index is 14.8. The zero-order valence-corrected chi connectivity index (χ0v) is 22.1. The van der Waals surface area contributed by atoms with Crippen LogP contribution in [-0.2, 0) is 16.2 Å². The number of carbonyl (C=O) groups excluding carboxylic acids is 2. The molecule has 7 nitrogen and oxygen atoms in total. The summed E-state index contributed by atoms with van der Waals surface area (Å²) in [5.74, 6) is 2.71. The van der Waals surface area contributed by atoms with E-state index in [4.69, 9.17) is 18.9 Å². The third kappa shape index (κ3) is 6.77. The lowest BCUT2D eigenvalue weighted by molar-refractivity contribution is -0.126. The number of amides is 2. The van der Waals surface area contributed by atoms with Crippen molar-refractivity contribution in [2.45, 2.75) is 37.6 Å². The maximum Gasteiger partial charge on any atom is 0.289 e. The van der Waals surface area contributed by atoms with Gasteiger partial charge in [0.15, 0.2) is 0 Å². The molecule has 1 fully saturated rings. The Kier molecular flexibility index (Phi) is 9.12. The van der Waals surface area contributed by atoms with Crippen molar-refractivity contribution in [2.75, 3.05) is 20.3 Å². The van der Waals surface area contributed by atoms with E-state index in [2.05, 4.69) is 6.92 Å². The number of halogens is 1. The fourth-order valence-corrected chi connectivity index (χ4v) is 4.71. The number of alkyl halides is 1. The van der Waals surface area contributed by atoms with Crippen molar-refractivity contribution >= 4 is 22.9 Å². The number of ether oxygens (including phenoxy) is 4. The van der Waals surface area contributed by atoms with Crippen LogP contribution in [0.5, 0.6) is 28.7 Å². The van der Waals surface area contributed by atoms with Crippen LogP contribution in [-0.4, -0.2) is 31.5 Å². The van der Waals surface area contributed by atoms with Crippen LogP contribution in [0.3, 0.4) is 0 Å². The second kappa shape index (κ2) is 12.7.